The Morgan fingerprint density at radius 2 is 1.94 bits per heavy atom. The van der Waals surface area contributed by atoms with Crippen LogP contribution < -0.4 is 5.73 Å². The van der Waals surface area contributed by atoms with Gasteiger partial charge in [-0.1, -0.05) is 25.7 Å². The summed E-state index contributed by atoms with van der Waals surface area (Å²) in [4.78, 5) is 12.0. The molecule has 3 nitrogen and oxygen atoms in total. The quantitative estimate of drug-likeness (QED) is 0.675. The number of ether oxygens (including phenoxy) is 1. The van der Waals surface area contributed by atoms with Crippen LogP contribution in [0.5, 0.6) is 0 Å². The molecule has 2 rings (SSSR count). The summed E-state index contributed by atoms with van der Waals surface area (Å²) in [5, 5.41) is 0. The lowest BCUT2D eigenvalue weighted by Crippen LogP contribution is -2.40. The van der Waals surface area contributed by atoms with E-state index < -0.39 is 0 Å². The van der Waals surface area contributed by atoms with Gasteiger partial charge in [0.05, 0.1) is 12.5 Å². The van der Waals surface area contributed by atoms with Crippen molar-refractivity contribution in [2.75, 3.05) is 13.7 Å². The van der Waals surface area contributed by atoms with Crippen LogP contribution >= 0.6 is 0 Å². The van der Waals surface area contributed by atoms with Crippen molar-refractivity contribution in [1.82, 2.24) is 0 Å². The highest BCUT2D eigenvalue weighted by Gasteiger charge is 2.43. The van der Waals surface area contributed by atoms with E-state index in [0.29, 0.717) is 6.54 Å². The van der Waals surface area contributed by atoms with E-state index in [1.807, 2.05) is 0 Å². The van der Waals surface area contributed by atoms with Gasteiger partial charge in [-0.2, -0.15) is 0 Å². The van der Waals surface area contributed by atoms with Crippen molar-refractivity contribution in [3.8, 4) is 0 Å². The van der Waals surface area contributed by atoms with Gasteiger partial charge in [-0.3, -0.25) is 4.79 Å². The Bertz CT molecular complexity index is 259. The van der Waals surface area contributed by atoms with Gasteiger partial charge in [0.2, 0.25) is 0 Å². The minimum absolute atomic E-state index is 0.0810. The van der Waals surface area contributed by atoms with Crippen LogP contribution in [0.1, 0.15) is 44.9 Å². The Hall–Kier alpha value is -0.570. The number of methoxy groups -OCH3 is 1. The van der Waals surface area contributed by atoms with E-state index in [1.165, 1.54) is 32.8 Å². The van der Waals surface area contributed by atoms with E-state index in [9.17, 15) is 4.79 Å². The number of hydrogen-bond acceptors (Lipinski definition) is 3. The molecule has 0 spiro atoms. The summed E-state index contributed by atoms with van der Waals surface area (Å²) in [6.07, 6.45) is 8.24. The SMILES string of the molecule is COC(=O)C(CN)(CCC1CC1)CC1CC1. The van der Waals surface area contributed by atoms with Gasteiger partial charge in [0.1, 0.15) is 0 Å². The topological polar surface area (TPSA) is 52.3 Å². The molecule has 0 amide bonds. The Labute approximate surface area is 97.7 Å². The van der Waals surface area contributed by atoms with E-state index in [2.05, 4.69) is 0 Å². The molecule has 2 saturated carbocycles. The van der Waals surface area contributed by atoms with Gasteiger partial charge in [-0.15, -0.1) is 0 Å². The number of carbonyl (C=O) groups is 1. The molecule has 0 aliphatic heterocycles. The van der Waals surface area contributed by atoms with E-state index in [1.54, 1.807) is 0 Å². The van der Waals surface area contributed by atoms with E-state index in [0.717, 1.165) is 31.1 Å². The average molecular weight is 225 g/mol. The first-order chi connectivity index (χ1) is 7.70. The maximum Gasteiger partial charge on any atom is 0.313 e. The third-order valence-corrected chi connectivity index (χ3v) is 4.11. The smallest absolute Gasteiger partial charge is 0.313 e. The van der Waals surface area contributed by atoms with Crippen LogP contribution in [0, 0.1) is 17.3 Å². The Morgan fingerprint density at radius 3 is 2.38 bits per heavy atom. The number of esters is 1. The summed E-state index contributed by atoms with van der Waals surface area (Å²) in [5.74, 6) is 1.50. The second kappa shape index (κ2) is 4.74. The standard InChI is InChI=1S/C13H23NO2/c1-16-12(15)13(9-14,8-11-4-5-11)7-6-10-2-3-10/h10-11H,2-9,14H2,1H3. The predicted octanol–water partition coefficient (Wildman–Crippen LogP) is 2.09. The minimum Gasteiger partial charge on any atom is -0.469 e. The van der Waals surface area contributed by atoms with E-state index in [4.69, 9.17) is 10.5 Å². The van der Waals surface area contributed by atoms with Gasteiger partial charge in [0, 0.05) is 6.54 Å². The van der Waals surface area contributed by atoms with Gasteiger partial charge in [-0.05, 0) is 31.1 Å². The van der Waals surface area contributed by atoms with Crippen LogP contribution in [0.3, 0.4) is 0 Å². The highest BCUT2D eigenvalue weighted by atomic mass is 16.5. The van der Waals surface area contributed by atoms with Crippen LogP contribution in [0.15, 0.2) is 0 Å². The zero-order chi connectivity index (χ0) is 11.6. The number of hydrogen-bond donors (Lipinski definition) is 1. The average Bonchev–Trinajstić information content (AvgIpc) is 3.15. The fourth-order valence-corrected chi connectivity index (χ4v) is 2.53. The predicted molar refractivity (Wildman–Crippen MR) is 62.8 cm³/mol. The zero-order valence-corrected chi connectivity index (χ0v) is 10.2. The van der Waals surface area contributed by atoms with Crippen molar-refractivity contribution < 1.29 is 9.53 Å². The van der Waals surface area contributed by atoms with Crippen molar-refractivity contribution in [2.24, 2.45) is 23.0 Å². The molecule has 0 aromatic rings. The molecule has 1 atom stereocenters. The lowest BCUT2D eigenvalue weighted by Gasteiger charge is -2.29. The molecule has 0 saturated heterocycles. The van der Waals surface area contributed by atoms with Crippen molar-refractivity contribution >= 4 is 5.97 Å². The molecule has 0 aromatic heterocycles. The first-order valence-corrected chi connectivity index (χ1v) is 6.48. The molecule has 16 heavy (non-hydrogen) atoms. The Morgan fingerprint density at radius 1 is 1.31 bits per heavy atom. The third-order valence-electron chi connectivity index (χ3n) is 4.11. The molecule has 3 heteroatoms. The lowest BCUT2D eigenvalue weighted by atomic mass is 9.77. The van der Waals surface area contributed by atoms with Gasteiger partial charge in [0.25, 0.3) is 0 Å². The monoisotopic (exact) mass is 225 g/mol. The molecular weight excluding hydrogens is 202 g/mol. The number of nitrogens with two attached hydrogens (primary N) is 1. The molecule has 1 unspecified atom stereocenters. The molecule has 0 bridgehead atoms. The zero-order valence-electron chi connectivity index (χ0n) is 10.2. The highest BCUT2D eigenvalue weighted by Crippen LogP contribution is 2.45. The van der Waals surface area contributed by atoms with Gasteiger partial charge in [-0.25, -0.2) is 0 Å². The summed E-state index contributed by atoms with van der Waals surface area (Å²) in [5.41, 5.74) is 5.49. The van der Waals surface area contributed by atoms with Crippen LogP contribution in [0.4, 0.5) is 0 Å². The summed E-state index contributed by atoms with van der Waals surface area (Å²) in [6.45, 7) is 0.447. The van der Waals surface area contributed by atoms with Crippen LogP contribution in [-0.2, 0) is 9.53 Å². The maximum absolute atomic E-state index is 12.0. The molecule has 0 radical (unpaired) electrons. The first-order valence-electron chi connectivity index (χ1n) is 6.48. The summed E-state index contributed by atoms with van der Waals surface area (Å²) >= 11 is 0. The minimum atomic E-state index is -0.376. The second-order valence-corrected chi connectivity index (χ2v) is 5.61. The van der Waals surface area contributed by atoms with Gasteiger partial charge < -0.3 is 10.5 Å². The fourth-order valence-electron chi connectivity index (χ4n) is 2.53. The molecule has 2 N–H and O–H groups in total. The molecular formula is C13H23NO2. The van der Waals surface area contributed by atoms with Crippen molar-refractivity contribution in [3.05, 3.63) is 0 Å². The molecule has 0 aromatic carbocycles. The maximum atomic E-state index is 12.0. The molecule has 0 heterocycles. The van der Waals surface area contributed by atoms with Gasteiger partial charge in [0.15, 0.2) is 0 Å². The molecule has 2 aliphatic rings. The summed E-state index contributed by atoms with van der Waals surface area (Å²) in [6, 6.07) is 0. The van der Waals surface area contributed by atoms with Crippen LogP contribution in [0.2, 0.25) is 0 Å². The molecule has 2 fully saturated rings. The van der Waals surface area contributed by atoms with Crippen molar-refractivity contribution in [1.29, 1.82) is 0 Å². The van der Waals surface area contributed by atoms with Crippen LogP contribution in [0.25, 0.3) is 0 Å². The molecule has 92 valence electrons. The number of rotatable bonds is 7. The summed E-state index contributed by atoms with van der Waals surface area (Å²) in [7, 11) is 1.48. The second-order valence-electron chi connectivity index (χ2n) is 5.61. The van der Waals surface area contributed by atoms with Crippen LogP contribution in [-0.4, -0.2) is 19.6 Å². The lowest BCUT2D eigenvalue weighted by molar-refractivity contribution is -0.153. The summed E-state index contributed by atoms with van der Waals surface area (Å²) < 4.78 is 4.97. The highest BCUT2D eigenvalue weighted by molar-refractivity contribution is 5.77. The molecule has 2 aliphatic carbocycles. The van der Waals surface area contributed by atoms with E-state index in [-0.39, 0.29) is 11.4 Å². The normalized spacial score (nSPS) is 23.9. The third kappa shape index (κ3) is 2.76. The van der Waals surface area contributed by atoms with Gasteiger partial charge >= 0.3 is 5.97 Å². The van der Waals surface area contributed by atoms with E-state index >= 15 is 0 Å². The van der Waals surface area contributed by atoms with Crippen molar-refractivity contribution in [2.45, 2.75) is 44.9 Å². The Balaban J connectivity index is 1.96. The van der Waals surface area contributed by atoms with Crippen molar-refractivity contribution in [3.63, 3.8) is 0 Å². The number of carbonyl (C=O) groups excluding carboxylic acids is 1. The first kappa shape index (κ1) is 11.9. The Kier molecular flexibility index (Phi) is 3.53. The largest absolute Gasteiger partial charge is 0.469 e. The fraction of sp³-hybridized carbons (Fsp3) is 0.923.